The minimum atomic E-state index is 0.0671. The van der Waals surface area contributed by atoms with Gasteiger partial charge in [-0.1, -0.05) is 0 Å². The number of Topliss-reactive ketones (excluding diaryl/α,β-unsaturated/α-hetero) is 1. The van der Waals surface area contributed by atoms with E-state index in [9.17, 15) is 4.79 Å². The normalized spacial score (nSPS) is 8.17. The summed E-state index contributed by atoms with van der Waals surface area (Å²) in [4.78, 5) is 9.92. The molecule has 0 unspecified atom stereocenters. The Labute approximate surface area is 37.9 Å². The molecule has 3 heteroatoms. The molecule has 0 aromatic rings. The lowest BCUT2D eigenvalue weighted by Gasteiger charge is -1.85. The summed E-state index contributed by atoms with van der Waals surface area (Å²) in [5, 5.41) is 0. The number of hydrogen-bond donors (Lipinski definition) is 0. The fourth-order valence-corrected chi connectivity index (χ4v) is 0.203. The van der Waals surface area contributed by atoms with E-state index in [1.807, 2.05) is 0 Å². The lowest BCUT2D eigenvalue weighted by Crippen LogP contribution is -1.99. The summed E-state index contributed by atoms with van der Waals surface area (Å²) in [6.45, 7) is 1.73. The first-order valence-electron chi connectivity index (χ1n) is 1.75. The van der Waals surface area contributed by atoms with Gasteiger partial charge in [-0.15, -0.1) is 0 Å². The van der Waals surface area contributed by atoms with E-state index in [0.29, 0.717) is 0 Å². The average molecular weight is 85.9 g/mol. The average Bonchev–Trinajstić information content (AvgIpc) is 1.35. The zero-order valence-corrected chi connectivity index (χ0v) is 4.02. The summed E-state index contributed by atoms with van der Waals surface area (Å²) >= 11 is 0. The van der Waals surface area contributed by atoms with Crippen LogP contribution in [0.15, 0.2) is 0 Å². The maximum atomic E-state index is 9.92. The van der Waals surface area contributed by atoms with Crippen LogP contribution in [-0.4, -0.2) is 20.4 Å². The molecule has 2 nitrogen and oxygen atoms in total. The van der Waals surface area contributed by atoms with Crippen molar-refractivity contribution in [3.63, 3.8) is 0 Å². The SMILES string of the molecule is BOCC(C)=O. The highest BCUT2D eigenvalue weighted by molar-refractivity contribution is 5.99. The standard InChI is InChI=1S/C3H7BO2/c1-3(5)2-6-4/h2,4H2,1H3. The van der Waals surface area contributed by atoms with Crippen molar-refractivity contribution in [3.05, 3.63) is 0 Å². The van der Waals surface area contributed by atoms with E-state index in [1.165, 1.54) is 15.0 Å². The highest BCUT2D eigenvalue weighted by Gasteiger charge is 1.83. The van der Waals surface area contributed by atoms with Crippen molar-refractivity contribution in [1.29, 1.82) is 0 Å². The van der Waals surface area contributed by atoms with Gasteiger partial charge < -0.3 is 4.65 Å². The maximum absolute atomic E-state index is 9.92. The van der Waals surface area contributed by atoms with Crippen LogP contribution >= 0.6 is 0 Å². The van der Waals surface area contributed by atoms with Gasteiger partial charge in [0.1, 0.15) is 0 Å². The zero-order chi connectivity index (χ0) is 4.99. The van der Waals surface area contributed by atoms with Crippen LogP contribution in [-0.2, 0) is 9.45 Å². The van der Waals surface area contributed by atoms with Gasteiger partial charge in [-0.3, -0.25) is 4.79 Å². The lowest BCUT2D eigenvalue weighted by atomic mass is 10.5. The molecule has 0 aromatic heterocycles. The van der Waals surface area contributed by atoms with Gasteiger partial charge in [0.05, 0.1) is 6.61 Å². The van der Waals surface area contributed by atoms with Crippen molar-refractivity contribution in [1.82, 2.24) is 0 Å². The molecule has 0 bridgehead atoms. The fraction of sp³-hybridized carbons (Fsp3) is 0.667. The zero-order valence-electron chi connectivity index (χ0n) is 4.02. The van der Waals surface area contributed by atoms with Crippen molar-refractivity contribution in [2.45, 2.75) is 6.92 Å². The van der Waals surface area contributed by atoms with Crippen molar-refractivity contribution in [3.8, 4) is 0 Å². The summed E-state index contributed by atoms with van der Waals surface area (Å²) in [7, 11) is 1.50. The molecular formula is C3H7BO2. The lowest BCUT2D eigenvalue weighted by molar-refractivity contribution is -0.118. The first kappa shape index (κ1) is 5.69. The van der Waals surface area contributed by atoms with Gasteiger partial charge >= 0.3 is 0 Å². The molecule has 6 heavy (non-hydrogen) atoms. The second kappa shape index (κ2) is 2.91. The van der Waals surface area contributed by atoms with Gasteiger partial charge in [-0.25, -0.2) is 0 Å². The molecule has 0 spiro atoms. The second-order valence-electron chi connectivity index (χ2n) is 1.14. The molecule has 0 amide bonds. The molecule has 0 atom stereocenters. The van der Waals surface area contributed by atoms with E-state index in [2.05, 4.69) is 4.65 Å². The fourth-order valence-electron chi connectivity index (χ4n) is 0.203. The highest BCUT2D eigenvalue weighted by atomic mass is 16.4. The Morgan fingerprint density at radius 2 is 2.50 bits per heavy atom. The smallest absolute Gasteiger partial charge is 0.257 e. The van der Waals surface area contributed by atoms with Crippen molar-refractivity contribution in [2.24, 2.45) is 0 Å². The maximum Gasteiger partial charge on any atom is 0.257 e. The van der Waals surface area contributed by atoms with Crippen LogP contribution in [0.5, 0.6) is 0 Å². The van der Waals surface area contributed by atoms with E-state index < -0.39 is 0 Å². The van der Waals surface area contributed by atoms with Crippen LogP contribution < -0.4 is 0 Å². The predicted octanol–water partition coefficient (Wildman–Crippen LogP) is -0.860. The first-order valence-corrected chi connectivity index (χ1v) is 1.75. The minimum absolute atomic E-state index is 0.0671. The Morgan fingerprint density at radius 1 is 2.00 bits per heavy atom. The van der Waals surface area contributed by atoms with Crippen molar-refractivity contribution < 1.29 is 9.45 Å². The van der Waals surface area contributed by atoms with E-state index in [0.717, 1.165) is 0 Å². The number of ketones is 1. The van der Waals surface area contributed by atoms with Gasteiger partial charge in [0, 0.05) is 0 Å². The Kier molecular flexibility index (Phi) is 2.76. The van der Waals surface area contributed by atoms with Crippen LogP contribution in [0.3, 0.4) is 0 Å². The van der Waals surface area contributed by atoms with E-state index in [4.69, 9.17) is 0 Å². The highest BCUT2D eigenvalue weighted by Crippen LogP contribution is 1.65. The van der Waals surface area contributed by atoms with Crippen LogP contribution in [0.2, 0.25) is 0 Å². The van der Waals surface area contributed by atoms with E-state index in [1.54, 1.807) is 0 Å². The number of carbonyl (C=O) groups excluding carboxylic acids is 1. The van der Waals surface area contributed by atoms with Gasteiger partial charge in [0.2, 0.25) is 0 Å². The van der Waals surface area contributed by atoms with Crippen LogP contribution in [0.25, 0.3) is 0 Å². The monoisotopic (exact) mass is 86.1 g/mol. The third-order valence-electron chi connectivity index (χ3n) is 0.348. The largest absolute Gasteiger partial charge is 0.437 e. The molecule has 0 fully saturated rings. The molecule has 0 aliphatic rings. The third kappa shape index (κ3) is 3.69. The molecule has 0 saturated heterocycles. The first-order chi connectivity index (χ1) is 2.77. The Morgan fingerprint density at radius 3 is 2.50 bits per heavy atom. The second-order valence-corrected chi connectivity index (χ2v) is 1.14. The number of hydrogen-bond acceptors (Lipinski definition) is 2. The predicted molar refractivity (Wildman–Crippen MR) is 25.2 cm³/mol. The third-order valence-corrected chi connectivity index (χ3v) is 0.348. The quantitative estimate of drug-likeness (QED) is 0.408. The number of rotatable bonds is 2. The summed E-state index contributed by atoms with van der Waals surface area (Å²) in [6, 6.07) is 0. The van der Waals surface area contributed by atoms with E-state index >= 15 is 0 Å². The van der Waals surface area contributed by atoms with E-state index in [-0.39, 0.29) is 12.4 Å². The molecule has 0 aliphatic heterocycles. The Bertz CT molecular complexity index is 52.8. The van der Waals surface area contributed by atoms with Crippen molar-refractivity contribution in [2.75, 3.05) is 6.61 Å². The van der Waals surface area contributed by atoms with Gasteiger partial charge in [-0.2, -0.15) is 0 Å². The molecule has 0 rings (SSSR count). The molecule has 0 N–H and O–H groups in total. The summed E-state index contributed by atoms with van der Waals surface area (Å²) in [5.74, 6) is 0.0671. The molecular weight excluding hydrogens is 78.8 g/mol. The molecule has 34 valence electrons. The Hall–Kier alpha value is -0.305. The van der Waals surface area contributed by atoms with Crippen LogP contribution in [0, 0.1) is 0 Å². The topological polar surface area (TPSA) is 26.3 Å². The molecule has 0 aromatic carbocycles. The summed E-state index contributed by atoms with van der Waals surface area (Å²) in [6.07, 6.45) is 0. The summed E-state index contributed by atoms with van der Waals surface area (Å²) in [5.41, 5.74) is 0. The van der Waals surface area contributed by atoms with Crippen molar-refractivity contribution >= 4 is 13.8 Å². The van der Waals surface area contributed by atoms with Gasteiger partial charge in [0.15, 0.2) is 5.78 Å². The molecule has 0 heterocycles. The minimum Gasteiger partial charge on any atom is -0.437 e. The molecule has 0 saturated carbocycles. The summed E-state index contributed by atoms with van der Waals surface area (Å²) < 4.78 is 4.45. The molecule has 0 aliphatic carbocycles. The van der Waals surface area contributed by atoms with Gasteiger partial charge in [-0.05, 0) is 6.92 Å². The Balaban J connectivity index is 2.83. The molecule has 0 radical (unpaired) electrons. The van der Waals surface area contributed by atoms with Crippen LogP contribution in [0.1, 0.15) is 6.92 Å². The number of carbonyl (C=O) groups is 1. The van der Waals surface area contributed by atoms with Crippen LogP contribution in [0.4, 0.5) is 0 Å². The van der Waals surface area contributed by atoms with Gasteiger partial charge in [0.25, 0.3) is 8.05 Å².